The summed E-state index contributed by atoms with van der Waals surface area (Å²) in [5, 5.41) is 10.7. The Morgan fingerprint density at radius 3 is 2.21 bits per heavy atom. The summed E-state index contributed by atoms with van der Waals surface area (Å²) < 4.78 is 10.3. The predicted molar refractivity (Wildman–Crippen MR) is 88.9 cm³/mol. The second kappa shape index (κ2) is 8.24. The van der Waals surface area contributed by atoms with Crippen molar-refractivity contribution in [2.45, 2.75) is 6.92 Å². The number of hydrogen-bond donors (Lipinski definition) is 1. The molecule has 2 aromatic rings. The van der Waals surface area contributed by atoms with Gasteiger partial charge in [0, 0.05) is 12.7 Å². The van der Waals surface area contributed by atoms with Crippen LogP contribution in [-0.4, -0.2) is 37.2 Å². The Morgan fingerprint density at radius 2 is 1.62 bits per heavy atom. The topological polar surface area (TPSA) is 76.1 Å². The predicted octanol–water partition coefficient (Wildman–Crippen LogP) is 2.95. The van der Waals surface area contributed by atoms with Gasteiger partial charge in [-0.3, -0.25) is 14.8 Å². The molecular weight excluding hydrogens is 310 g/mol. The molecular formula is C18H19NO5. The summed E-state index contributed by atoms with van der Waals surface area (Å²) in [7, 11) is 1.58. The van der Waals surface area contributed by atoms with Gasteiger partial charge in [-0.15, -0.1) is 0 Å². The molecule has 0 saturated heterocycles. The van der Waals surface area contributed by atoms with Crippen LogP contribution < -0.4 is 9.80 Å². The Kier molecular flexibility index (Phi) is 6.06. The van der Waals surface area contributed by atoms with Crippen LogP contribution in [0.25, 0.3) is 0 Å². The third-order valence-electron chi connectivity index (χ3n) is 3.37. The molecule has 2 aromatic carbocycles. The van der Waals surface area contributed by atoms with Gasteiger partial charge < -0.3 is 9.47 Å². The summed E-state index contributed by atoms with van der Waals surface area (Å²) in [6.45, 7) is 2.25. The number of hydrogen-bond acceptors (Lipinski definition) is 5. The molecule has 1 amide bonds. The number of Topliss-reactive ketones (excluding diaryl/α,β-unsaturated/α-hetero) is 1. The quantitative estimate of drug-likeness (QED) is 0.366. The van der Waals surface area contributed by atoms with Crippen molar-refractivity contribution in [1.29, 1.82) is 0 Å². The van der Waals surface area contributed by atoms with E-state index in [0.717, 1.165) is 0 Å². The summed E-state index contributed by atoms with van der Waals surface area (Å²) in [6, 6.07) is 12.7. The van der Waals surface area contributed by atoms with Crippen LogP contribution in [0, 0.1) is 0 Å². The minimum absolute atomic E-state index is 0.146. The van der Waals surface area contributed by atoms with Crippen molar-refractivity contribution in [3.05, 3.63) is 59.7 Å². The fourth-order valence-electron chi connectivity index (χ4n) is 2.13. The summed E-state index contributed by atoms with van der Waals surface area (Å²) in [6.07, 6.45) is 0. The largest absolute Gasteiger partial charge is 0.491 e. The molecule has 0 bridgehead atoms. The fourth-order valence-corrected chi connectivity index (χ4v) is 2.13. The van der Waals surface area contributed by atoms with Crippen molar-refractivity contribution in [1.82, 2.24) is 0 Å². The molecule has 6 heteroatoms. The summed E-state index contributed by atoms with van der Waals surface area (Å²) in [4.78, 5) is 24.1. The van der Waals surface area contributed by atoms with Crippen LogP contribution in [0.15, 0.2) is 48.5 Å². The molecule has 0 aliphatic heterocycles. The number of carbonyl (C=O) groups is 2. The van der Waals surface area contributed by atoms with Crippen LogP contribution in [-0.2, 0) is 4.74 Å². The zero-order valence-electron chi connectivity index (χ0n) is 13.6. The molecule has 0 radical (unpaired) electrons. The number of nitrogens with zero attached hydrogens (tertiary/aromatic N) is 1. The lowest BCUT2D eigenvalue weighted by Gasteiger charge is -2.17. The maximum absolute atomic E-state index is 12.4. The van der Waals surface area contributed by atoms with Crippen molar-refractivity contribution < 1.29 is 24.3 Å². The molecule has 6 nitrogen and oxygen atoms in total. The van der Waals surface area contributed by atoms with E-state index >= 15 is 0 Å². The third kappa shape index (κ3) is 4.18. The first-order chi connectivity index (χ1) is 11.5. The van der Waals surface area contributed by atoms with Crippen LogP contribution in [0.4, 0.5) is 5.69 Å². The molecule has 0 aliphatic carbocycles. The van der Waals surface area contributed by atoms with E-state index in [-0.39, 0.29) is 22.6 Å². The first-order valence-electron chi connectivity index (χ1n) is 7.39. The third-order valence-corrected chi connectivity index (χ3v) is 3.37. The second-order valence-corrected chi connectivity index (χ2v) is 5.05. The van der Waals surface area contributed by atoms with Gasteiger partial charge in [-0.05, 0) is 37.3 Å². The number of amides is 1. The number of rotatable bonds is 7. The highest BCUT2D eigenvalue weighted by Gasteiger charge is 2.20. The van der Waals surface area contributed by atoms with Gasteiger partial charge in [0.05, 0.1) is 17.9 Å². The van der Waals surface area contributed by atoms with Crippen LogP contribution in [0.3, 0.4) is 0 Å². The van der Waals surface area contributed by atoms with Gasteiger partial charge >= 0.3 is 0 Å². The van der Waals surface area contributed by atoms with Gasteiger partial charge in [0.15, 0.2) is 5.78 Å². The molecule has 0 aliphatic rings. The minimum atomic E-state index is -0.672. The molecule has 0 unspecified atom stereocenters. The number of ketones is 1. The molecule has 0 spiro atoms. The average Bonchev–Trinajstić information content (AvgIpc) is 2.61. The van der Waals surface area contributed by atoms with Crippen LogP contribution in [0.5, 0.6) is 5.75 Å². The molecule has 0 atom stereocenters. The minimum Gasteiger partial charge on any atom is -0.491 e. The number of anilines is 1. The van der Waals surface area contributed by atoms with E-state index in [1.807, 2.05) is 0 Å². The first kappa shape index (κ1) is 17.7. The van der Waals surface area contributed by atoms with E-state index in [0.29, 0.717) is 24.0 Å². The molecule has 0 aromatic heterocycles. The Bertz CT molecular complexity index is 712. The summed E-state index contributed by atoms with van der Waals surface area (Å²) in [5.74, 6) is -0.316. The number of ether oxygens (including phenoxy) is 2. The standard InChI is InChI=1S/C18H19NO5/c1-13(20)16-5-3-4-6-17(16)18(21)19(22)14-7-9-15(10-8-14)24-12-11-23-2/h3-10,22H,11-12H2,1-2H3. The fraction of sp³-hybridized carbons (Fsp3) is 0.222. The number of benzene rings is 2. The molecule has 0 fully saturated rings. The molecule has 2 rings (SSSR count). The van der Waals surface area contributed by atoms with Crippen LogP contribution in [0.1, 0.15) is 27.6 Å². The van der Waals surface area contributed by atoms with Crippen molar-refractivity contribution >= 4 is 17.4 Å². The molecule has 0 heterocycles. The SMILES string of the molecule is COCCOc1ccc(N(O)C(=O)c2ccccc2C(C)=O)cc1. The normalized spacial score (nSPS) is 10.3. The monoisotopic (exact) mass is 329 g/mol. The highest BCUT2D eigenvalue weighted by molar-refractivity contribution is 6.12. The van der Waals surface area contributed by atoms with Crippen molar-refractivity contribution in [3.8, 4) is 5.75 Å². The maximum atomic E-state index is 12.4. The van der Waals surface area contributed by atoms with Gasteiger partial charge in [-0.2, -0.15) is 5.06 Å². The van der Waals surface area contributed by atoms with Gasteiger partial charge in [-0.25, -0.2) is 0 Å². The Labute approximate surface area is 140 Å². The molecule has 24 heavy (non-hydrogen) atoms. The lowest BCUT2D eigenvalue weighted by atomic mass is 10.0. The summed E-state index contributed by atoms with van der Waals surface area (Å²) in [5.41, 5.74) is 0.687. The number of methoxy groups -OCH3 is 1. The van der Waals surface area contributed by atoms with Crippen LogP contribution in [0.2, 0.25) is 0 Å². The van der Waals surface area contributed by atoms with E-state index in [4.69, 9.17) is 9.47 Å². The van der Waals surface area contributed by atoms with Crippen molar-refractivity contribution in [2.75, 3.05) is 25.4 Å². The maximum Gasteiger partial charge on any atom is 0.282 e. The van der Waals surface area contributed by atoms with E-state index in [1.54, 1.807) is 49.6 Å². The Morgan fingerprint density at radius 1 is 1.00 bits per heavy atom. The highest BCUT2D eigenvalue weighted by Crippen LogP contribution is 2.21. The average molecular weight is 329 g/mol. The Hall–Kier alpha value is -2.70. The van der Waals surface area contributed by atoms with Gasteiger partial charge in [0.1, 0.15) is 12.4 Å². The molecule has 126 valence electrons. The smallest absolute Gasteiger partial charge is 0.282 e. The first-order valence-corrected chi connectivity index (χ1v) is 7.39. The molecule has 0 saturated carbocycles. The van der Waals surface area contributed by atoms with Crippen LogP contribution >= 0.6 is 0 Å². The van der Waals surface area contributed by atoms with E-state index < -0.39 is 5.91 Å². The second-order valence-electron chi connectivity index (χ2n) is 5.05. The van der Waals surface area contributed by atoms with Gasteiger partial charge in [-0.1, -0.05) is 18.2 Å². The molecule has 1 N–H and O–H groups in total. The lowest BCUT2D eigenvalue weighted by Crippen LogP contribution is -2.28. The number of hydroxylamine groups is 1. The van der Waals surface area contributed by atoms with Crippen molar-refractivity contribution in [3.63, 3.8) is 0 Å². The van der Waals surface area contributed by atoms with Gasteiger partial charge in [0.25, 0.3) is 5.91 Å². The van der Waals surface area contributed by atoms with Gasteiger partial charge in [0.2, 0.25) is 0 Å². The highest BCUT2D eigenvalue weighted by atomic mass is 16.5. The van der Waals surface area contributed by atoms with E-state index in [2.05, 4.69) is 0 Å². The zero-order chi connectivity index (χ0) is 17.5. The van der Waals surface area contributed by atoms with Crippen molar-refractivity contribution in [2.24, 2.45) is 0 Å². The zero-order valence-corrected chi connectivity index (χ0v) is 13.6. The Balaban J connectivity index is 2.15. The van der Waals surface area contributed by atoms with E-state index in [1.165, 1.54) is 13.0 Å². The number of carbonyl (C=O) groups excluding carboxylic acids is 2. The summed E-state index contributed by atoms with van der Waals surface area (Å²) >= 11 is 0. The lowest BCUT2D eigenvalue weighted by molar-refractivity contribution is 0.0848. The van der Waals surface area contributed by atoms with E-state index in [9.17, 15) is 14.8 Å².